The number of thiazole rings is 1. The molecular weight excluding hydrogens is 234 g/mol. The number of ether oxygens (including phenoxy) is 1. The standard InChI is InChI=1S/C12H21N3OS/c1-2-10-7-15-11(17-10)8-14-9-12(13)3-5-16-6-4-12/h7,14H,2-6,8-9,13H2,1H3. The largest absolute Gasteiger partial charge is 0.381 e. The zero-order valence-corrected chi connectivity index (χ0v) is 11.2. The minimum Gasteiger partial charge on any atom is -0.381 e. The lowest BCUT2D eigenvalue weighted by Crippen LogP contribution is -2.52. The first-order chi connectivity index (χ1) is 8.22. The molecule has 0 atom stereocenters. The van der Waals surface area contributed by atoms with E-state index in [-0.39, 0.29) is 5.54 Å². The summed E-state index contributed by atoms with van der Waals surface area (Å²) in [5.74, 6) is 0. The molecular formula is C12H21N3OS. The van der Waals surface area contributed by atoms with Crippen molar-refractivity contribution in [3.8, 4) is 0 Å². The highest BCUT2D eigenvalue weighted by atomic mass is 32.1. The van der Waals surface area contributed by atoms with Gasteiger partial charge in [0, 0.05) is 42.9 Å². The fourth-order valence-corrected chi connectivity index (χ4v) is 2.80. The van der Waals surface area contributed by atoms with Crippen molar-refractivity contribution in [2.24, 2.45) is 5.73 Å². The summed E-state index contributed by atoms with van der Waals surface area (Å²) in [5.41, 5.74) is 6.20. The van der Waals surface area contributed by atoms with E-state index in [1.54, 1.807) is 11.3 Å². The highest BCUT2D eigenvalue weighted by molar-refractivity contribution is 7.11. The molecule has 0 spiro atoms. The highest BCUT2D eigenvalue weighted by Gasteiger charge is 2.27. The summed E-state index contributed by atoms with van der Waals surface area (Å²) in [6.45, 7) is 5.40. The van der Waals surface area contributed by atoms with Crippen LogP contribution in [0.2, 0.25) is 0 Å². The zero-order chi connectivity index (χ0) is 12.1. The molecule has 1 fully saturated rings. The van der Waals surface area contributed by atoms with Crippen LogP contribution in [0.3, 0.4) is 0 Å². The van der Waals surface area contributed by atoms with Gasteiger partial charge in [-0.1, -0.05) is 6.92 Å². The molecule has 96 valence electrons. The molecule has 2 heterocycles. The summed E-state index contributed by atoms with van der Waals surface area (Å²) in [4.78, 5) is 5.73. The number of aryl methyl sites for hydroxylation is 1. The molecule has 2 rings (SSSR count). The fraction of sp³-hybridized carbons (Fsp3) is 0.750. The van der Waals surface area contributed by atoms with E-state index >= 15 is 0 Å². The minimum absolute atomic E-state index is 0.0942. The van der Waals surface area contributed by atoms with E-state index in [0.29, 0.717) is 0 Å². The van der Waals surface area contributed by atoms with Gasteiger partial charge < -0.3 is 15.8 Å². The average molecular weight is 255 g/mol. The van der Waals surface area contributed by atoms with Gasteiger partial charge in [0.1, 0.15) is 5.01 Å². The Morgan fingerprint density at radius 3 is 2.94 bits per heavy atom. The molecule has 4 nitrogen and oxygen atoms in total. The van der Waals surface area contributed by atoms with Gasteiger partial charge in [-0.15, -0.1) is 11.3 Å². The Hall–Kier alpha value is -0.490. The molecule has 1 aliphatic heterocycles. The van der Waals surface area contributed by atoms with Crippen LogP contribution in [-0.2, 0) is 17.7 Å². The molecule has 3 N–H and O–H groups in total. The van der Waals surface area contributed by atoms with E-state index < -0.39 is 0 Å². The number of hydrogen-bond acceptors (Lipinski definition) is 5. The van der Waals surface area contributed by atoms with E-state index in [9.17, 15) is 0 Å². The third kappa shape index (κ3) is 3.74. The Morgan fingerprint density at radius 2 is 2.29 bits per heavy atom. The summed E-state index contributed by atoms with van der Waals surface area (Å²) >= 11 is 1.78. The van der Waals surface area contributed by atoms with Gasteiger partial charge in [0.2, 0.25) is 0 Å². The monoisotopic (exact) mass is 255 g/mol. The van der Waals surface area contributed by atoms with Crippen molar-refractivity contribution >= 4 is 11.3 Å². The van der Waals surface area contributed by atoms with Crippen molar-refractivity contribution in [3.05, 3.63) is 16.1 Å². The number of nitrogens with two attached hydrogens (primary N) is 1. The van der Waals surface area contributed by atoms with Crippen LogP contribution in [0.25, 0.3) is 0 Å². The number of hydrogen-bond donors (Lipinski definition) is 2. The first kappa shape index (κ1) is 13.0. The average Bonchev–Trinajstić information content (AvgIpc) is 2.78. The quantitative estimate of drug-likeness (QED) is 0.832. The second-order valence-corrected chi connectivity index (χ2v) is 5.85. The maximum absolute atomic E-state index is 6.30. The molecule has 1 aliphatic rings. The lowest BCUT2D eigenvalue weighted by Gasteiger charge is -2.33. The number of nitrogens with one attached hydrogen (secondary N) is 1. The molecule has 0 amide bonds. The van der Waals surface area contributed by atoms with Crippen LogP contribution < -0.4 is 11.1 Å². The summed E-state index contributed by atoms with van der Waals surface area (Å²) in [5, 5.41) is 4.57. The van der Waals surface area contributed by atoms with Crippen LogP contribution in [0.5, 0.6) is 0 Å². The highest BCUT2D eigenvalue weighted by Crippen LogP contribution is 2.17. The van der Waals surface area contributed by atoms with Crippen LogP contribution in [0.15, 0.2) is 6.20 Å². The van der Waals surface area contributed by atoms with Gasteiger partial charge in [0.05, 0.1) is 0 Å². The van der Waals surface area contributed by atoms with Crippen molar-refractivity contribution in [1.29, 1.82) is 0 Å². The first-order valence-corrected chi connectivity index (χ1v) is 7.04. The Morgan fingerprint density at radius 1 is 1.53 bits per heavy atom. The summed E-state index contributed by atoms with van der Waals surface area (Å²) in [6.07, 6.45) is 4.92. The van der Waals surface area contributed by atoms with Crippen LogP contribution in [0.1, 0.15) is 29.7 Å². The molecule has 0 aromatic carbocycles. The Labute approximate surface area is 107 Å². The van der Waals surface area contributed by atoms with Crippen LogP contribution in [0, 0.1) is 0 Å². The van der Waals surface area contributed by atoms with Gasteiger partial charge in [-0.05, 0) is 19.3 Å². The molecule has 0 unspecified atom stereocenters. The van der Waals surface area contributed by atoms with E-state index in [2.05, 4.69) is 17.2 Å². The maximum Gasteiger partial charge on any atom is 0.107 e. The molecule has 17 heavy (non-hydrogen) atoms. The van der Waals surface area contributed by atoms with Crippen molar-refractivity contribution in [3.63, 3.8) is 0 Å². The summed E-state index contributed by atoms with van der Waals surface area (Å²) in [6, 6.07) is 0. The van der Waals surface area contributed by atoms with Gasteiger partial charge >= 0.3 is 0 Å². The smallest absolute Gasteiger partial charge is 0.107 e. The summed E-state index contributed by atoms with van der Waals surface area (Å²) < 4.78 is 5.33. The maximum atomic E-state index is 6.30. The Balaban J connectivity index is 1.74. The van der Waals surface area contributed by atoms with Crippen molar-refractivity contribution in [1.82, 2.24) is 10.3 Å². The van der Waals surface area contributed by atoms with Gasteiger partial charge in [-0.3, -0.25) is 0 Å². The van der Waals surface area contributed by atoms with Crippen molar-refractivity contribution < 1.29 is 4.74 Å². The van der Waals surface area contributed by atoms with Gasteiger partial charge in [0.15, 0.2) is 0 Å². The third-order valence-corrected chi connectivity index (χ3v) is 4.33. The van der Waals surface area contributed by atoms with Crippen LogP contribution in [0.4, 0.5) is 0 Å². The lowest BCUT2D eigenvalue weighted by atomic mass is 9.91. The van der Waals surface area contributed by atoms with Crippen molar-refractivity contribution in [2.75, 3.05) is 19.8 Å². The van der Waals surface area contributed by atoms with Crippen LogP contribution in [-0.4, -0.2) is 30.3 Å². The SMILES string of the molecule is CCc1cnc(CNCC2(N)CCOCC2)s1. The third-order valence-electron chi connectivity index (χ3n) is 3.19. The predicted octanol–water partition coefficient (Wildman–Crippen LogP) is 1.30. The normalized spacial score (nSPS) is 19.4. The van der Waals surface area contributed by atoms with E-state index in [1.165, 1.54) is 4.88 Å². The minimum atomic E-state index is -0.0942. The van der Waals surface area contributed by atoms with Gasteiger partial charge in [-0.25, -0.2) is 4.98 Å². The molecule has 1 saturated heterocycles. The van der Waals surface area contributed by atoms with Gasteiger partial charge in [-0.2, -0.15) is 0 Å². The van der Waals surface area contributed by atoms with E-state index in [1.807, 2.05) is 6.20 Å². The molecule has 0 bridgehead atoms. The molecule has 1 aromatic heterocycles. The van der Waals surface area contributed by atoms with Crippen LogP contribution >= 0.6 is 11.3 Å². The second-order valence-electron chi connectivity index (χ2n) is 4.65. The predicted molar refractivity (Wildman–Crippen MR) is 70.2 cm³/mol. The summed E-state index contributed by atoms with van der Waals surface area (Å²) in [7, 11) is 0. The van der Waals surface area contributed by atoms with Gasteiger partial charge in [0.25, 0.3) is 0 Å². The fourth-order valence-electron chi connectivity index (χ4n) is 1.97. The van der Waals surface area contributed by atoms with E-state index in [4.69, 9.17) is 10.5 Å². The number of rotatable bonds is 5. The molecule has 0 saturated carbocycles. The Kier molecular flexibility index (Phi) is 4.50. The number of nitrogens with zero attached hydrogens (tertiary/aromatic N) is 1. The first-order valence-electron chi connectivity index (χ1n) is 6.23. The zero-order valence-electron chi connectivity index (χ0n) is 10.4. The van der Waals surface area contributed by atoms with E-state index in [0.717, 1.165) is 50.6 Å². The Bertz CT molecular complexity index is 347. The molecule has 5 heteroatoms. The molecule has 0 aliphatic carbocycles. The van der Waals surface area contributed by atoms with Crippen molar-refractivity contribution in [2.45, 2.75) is 38.3 Å². The topological polar surface area (TPSA) is 60.2 Å². The molecule has 0 radical (unpaired) electrons. The number of aromatic nitrogens is 1. The molecule has 1 aromatic rings. The lowest BCUT2D eigenvalue weighted by molar-refractivity contribution is 0.0531. The second kappa shape index (κ2) is 5.91.